The predicted molar refractivity (Wildman–Crippen MR) is 81.4 cm³/mol. The summed E-state index contributed by atoms with van der Waals surface area (Å²) in [5.74, 6) is 0.761. The van der Waals surface area contributed by atoms with Gasteiger partial charge in [0, 0.05) is 17.3 Å². The van der Waals surface area contributed by atoms with Crippen molar-refractivity contribution in [2.75, 3.05) is 12.8 Å². The SMILES string of the molecule is COc1cc(N)ccc1OCc1ccc(C(N)=O)cc1C. The van der Waals surface area contributed by atoms with Gasteiger partial charge in [0.1, 0.15) is 6.61 Å². The molecule has 4 N–H and O–H groups in total. The summed E-state index contributed by atoms with van der Waals surface area (Å²) in [4.78, 5) is 11.1. The summed E-state index contributed by atoms with van der Waals surface area (Å²) < 4.78 is 11.0. The zero-order valence-electron chi connectivity index (χ0n) is 12.1. The first-order chi connectivity index (χ1) is 10.0. The van der Waals surface area contributed by atoms with Gasteiger partial charge in [-0.2, -0.15) is 0 Å². The van der Waals surface area contributed by atoms with E-state index in [4.69, 9.17) is 20.9 Å². The number of amides is 1. The van der Waals surface area contributed by atoms with Gasteiger partial charge < -0.3 is 20.9 Å². The number of methoxy groups -OCH3 is 1. The fourth-order valence-electron chi connectivity index (χ4n) is 1.97. The van der Waals surface area contributed by atoms with E-state index in [1.807, 2.05) is 13.0 Å². The van der Waals surface area contributed by atoms with Gasteiger partial charge in [0.2, 0.25) is 5.91 Å². The average Bonchev–Trinajstić information content (AvgIpc) is 2.46. The van der Waals surface area contributed by atoms with Crippen LogP contribution in [0.5, 0.6) is 11.5 Å². The molecule has 110 valence electrons. The van der Waals surface area contributed by atoms with Crippen LogP contribution in [-0.4, -0.2) is 13.0 Å². The molecule has 0 aliphatic heterocycles. The number of aryl methyl sites for hydroxylation is 1. The molecule has 0 spiro atoms. The van der Waals surface area contributed by atoms with Gasteiger partial charge in [0.15, 0.2) is 11.5 Å². The lowest BCUT2D eigenvalue weighted by Crippen LogP contribution is -2.11. The van der Waals surface area contributed by atoms with Crippen LogP contribution in [0.2, 0.25) is 0 Å². The molecule has 0 aliphatic rings. The van der Waals surface area contributed by atoms with E-state index in [1.54, 1.807) is 37.4 Å². The quantitative estimate of drug-likeness (QED) is 0.825. The molecule has 0 bridgehead atoms. The van der Waals surface area contributed by atoms with Crippen molar-refractivity contribution in [1.82, 2.24) is 0 Å². The molecule has 0 atom stereocenters. The summed E-state index contributed by atoms with van der Waals surface area (Å²) in [5, 5.41) is 0. The van der Waals surface area contributed by atoms with Crippen molar-refractivity contribution in [1.29, 1.82) is 0 Å². The summed E-state index contributed by atoms with van der Waals surface area (Å²) in [6.07, 6.45) is 0. The summed E-state index contributed by atoms with van der Waals surface area (Å²) in [5.41, 5.74) is 14.0. The molecule has 0 radical (unpaired) electrons. The van der Waals surface area contributed by atoms with Crippen molar-refractivity contribution in [3.05, 3.63) is 53.1 Å². The molecular formula is C16H18N2O3. The van der Waals surface area contributed by atoms with Crippen LogP contribution in [0.3, 0.4) is 0 Å². The molecule has 21 heavy (non-hydrogen) atoms. The van der Waals surface area contributed by atoms with Crippen LogP contribution in [0.25, 0.3) is 0 Å². The number of benzene rings is 2. The van der Waals surface area contributed by atoms with E-state index < -0.39 is 5.91 Å². The summed E-state index contributed by atoms with van der Waals surface area (Å²) in [6.45, 7) is 2.27. The van der Waals surface area contributed by atoms with Crippen molar-refractivity contribution in [3.63, 3.8) is 0 Å². The number of ether oxygens (including phenoxy) is 2. The number of hydrogen-bond donors (Lipinski definition) is 2. The number of hydrogen-bond acceptors (Lipinski definition) is 4. The van der Waals surface area contributed by atoms with Crippen LogP contribution < -0.4 is 20.9 Å². The fourth-order valence-corrected chi connectivity index (χ4v) is 1.97. The average molecular weight is 286 g/mol. The normalized spacial score (nSPS) is 10.2. The molecule has 0 heterocycles. The first kappa shape index (κ1) is 14.7. The van der Waals surface area contributed by atoms with Gasteiger partial charge in [0.05, 0.1) is 7.11 Å². The zero-order valence-corrected chi connectivity index (χ0v) is 12.1. The van der Waals surface area contributed by atoms with Crippen molar-refractivity contribution in [2.24, 2.45) is 5.73 Å². The highest BCUT2D eigenvalue weighted by molar-refractivity contribution is 5.93. The molecular weight excluding hydrogens is 268 g/mol. The molecule has 2 rings (SSSR count). The van der Waals surface area contributed by atoms with Gasteiger partial charge in [-0.3, -0.25) is 4.79 Å². The van der Waals surface area contributed by atoms with Crippen molar-refractivity contribution >= 4 is 11.6 Å². The molecule has 5 heteroatoms. The van der Waals surface area contributed by atoms with Crippen molar-refractivity contribution in [3.8, 4) is 11.5 Å². The van der Waals surface area contributed by atoms with E-state index >= 15 is 0 Å². The Kier molecular flexibility index (Phi) is 4.33. The Hall–Kier alpha value is -2.69. The van der Waals surface area contributed by atoms with Crippen LogP contribution in [-0.2, 0) is 6.61 Å². The van der Waals surface area contributed by atoms with Crippen LogP contribution in [0.15, 0.2) is 36.4 Å². The topological polar surface area (TPSA) is 87.6 Å². The molecule has 0 saturated carbocycles. The van der Waals surface area contributed by atoms with Crippen LogP contribution in [0, 0.1) is 6.92 Å². The van der Waals surface area contributed by atoms with Crippen LogP contribution in [0.1, 0.15) is 21.5 Å². The molecule has 0 unspecified atom stereocenters. The minimum atomic E-state index is -0.439. The van der Waals surface area contributed by atoms with Gasteiger partial charge in [-0.1, -0.05) is 6.07 Å². The van der Waals surface area contributed by atoms with Gasteiger partial charge in [0.25, 0.3) is 0 Å². The first-order valence-electron chi connectivity index (χ1n) is 6.47. The molecule has 2 aromatic carbocycles. The van der Waals surface area contributed by atoms with E-state index in [2.05, 4.69) is 0 Å². The van der Waals surface area contributed by atoms with Gasteiger partial charge in [-0.15, -0.1) is 0 Å². The Bertz CT molecular complexity index is 669. The van der Waals surface area contributed by atoms with E-state index in [-0.39, 0.29) is 0 Å². The second-order valence-corrected chi connectivity index (χ2v) is 4.70. The molecule has 0 saturated heterocycles. The third-order valence-electron chi connectivity index (χ3n) is 3.20. The smallest absolute Gasteiger partial charge is 0.248 e. The Morgan fingerprint density at radius 2 is 1.90 bits per heavy atom. The highest BCUT2D eigenvalue weighted by Gasteiger charge is 2.08. The number of rotatable bonds is 5. The maximum Gasteiger partial charge on any atom is 0.248 e. The molecule has 0 fully saturated rings. The molecule has 2 aromatic rings. The monoisotopic (exact) mass is 286 g/mol. The standard InChI is InChI=1S/C16H18N2O3/c1-10-7-11(16(18)19)3-4-12(10)9-21-14-6-5-13(17)8-15(14)20-2/h3-8H,9,17H2,1-2H3,(H2,18,19). The van der Waals surface area contributed by atoms with E-state index in [9.17, 15) is 4.79 Å². The van der Waals surface area contributed by atoms with E-state index in [0.717, 1.165) is 11.1 Å². The Morgan fingerprint density at radius 3 is 2.52 bits per heavy atom. The number of nitrogen functional groups attached to an aromatic ring is 1. The fraction of sp³-hybridized carbons (Fsp3) is 0.188. The second-order valence-electron chi connectivity index (χ2n) is 4.70. The number of carbonyl (C=O) groups is 1. The highest BCUT2D eigenvalue weighted by Crippen LogP contribution is 2.29. The summed E-state index contributed by atoms with van der Waals surface area (Å²) in [6, 6.07) is 10.5. The van der Waals surface area contributed by atoms with Crippen LogP contribution >= 0.6 is 0 Å². The largest absolute Gasteiger partial charge is 0.493 e. The Labute approximate surface area is 123 Å². The summed E-state index contributed by atoms with van der Waals surface area (Å²) in [7, 11) is 1.56. The van der Waals surface area contributed by atoms with Gasteiger partial charge in [-0.05, 0) is 42.3 Å². The maximum absolute atomic E-state index is 11.1. The van der Waals surface area contributed by atoms with Crippen molar-refractivity contribution in [2.45, 2.75) is 13.5 Å². The third-order valence-corrected chi connectivity index (χ3v) is 3.20. The number of carbonyl (C=O) groups excluding carboxylic acids is 1. The first-order valence-corrected chi connectivity index (χ1v) is 6.47. The maximum atomic E-state index is 11.1. The molecule has 5 nitrogen and oxygen atoms in total. The van der Waals surface area contributed by atoms with Gasteiger partial charge in [-0.25, -0.2) is 0 Å². The predicted octanol–water partition coefficient (Wildman–Crippen LogP) is 2.26. The third kappa shape index (κ3) is 3.45. The minimum absolute atomic E-state index is 0.366. The minimum Gasteiger partial charge on any atom is -0.493 e. The lowest BCUT2D eigenvalue weighted by atomic mass is 10.1. The molecule has 0 aromatic heterocycles. The lowest BCUT2D eigenvalue weighted by Gasteiger charge is -2.13. The van der Waals surface area contributed by atoms with Gasteiger partial charge >= 0.3 is 0 Å². The lowest BCUT2D eigenvalue weighted by molar-refractivity contribution is 0.1000. The van der Waals surface area contributed by atoms with E-state index in [1.165, 1.54) is 0 Å². The second kappa shape index (κ2) is 6.17. The molecule has 1 amide bonds. The zero-order chi connectivity index (χ0) is 15.4. The van der Waals surface area contributed by atoms with Crippen LogP contribution in [0.4, 0.5) is 5.69 Å². The number of anilines is 1. The number of nitrogens with two attached hydrogens (primary N) is 2. The number of primary amides is 1. The Morgan fingerprint density at radius 1 is 1.14 bits per heavy atom. The van der Waals surface area contributed by atoms with E-state index in [0.29, 0.717) is 29.4 Å². The molecule has 0 aliphatic carbocycles. The highest BCUT2D eigenvalue weighted by atomic mass is 16.5. The van der Waals surface area contributed by atoms with Crippen molar-refractivity contribution < 1.29 is 14.3 Å². The summed E-state index contributed by atoms with van der Waals surface area (Å²) >= 11 is 0. The Balaban J connectivity index is 2.15.